The first-order chi connectivity index (χ1) is 14.9. The van der Waals surface area contributed by atoms with Crippen LogP contribution in [0.25, 0.3) is 6.08 Å². The van der Waals surface area contributed by atoms with Gasteiger partial charge < -0.3 is 10.6 Å². The molecule has 1 aromatic heterocycles. The fraction of sp³-hybridized carbons (Fsp3) is 0.174. The first kappa shape index (κ1) is 22.1. The van der Waals surface area contributed by atoms with E-state index < -0.39 is 17.2 Å². The number of carbonyl (C=O) groups is 1. The molecule has 3 aromatic rings. The smallest absolute Gasteiger partial charge is 0.330 e. The molecule has 0 aliphatic rings. The van der Waals surface area contributed by atoms with Crippen molar-refractivity contribution in [2.45, 2.75) is 19.9 Å². The van der Waals surface area contributed by atoms with E-state index in [1.165, 1.54) is 15.5 Å². The highest BCUT2D eigenvalue weighted by Crippen LogP contribution is 2.20. The lowest BCUT2D eigenvalue weighted by Crippen LogP contribution is -2.41. The number of aromatic amines is 1. The van der Waals surface area contributed by atoms with Crippen molar-refractivity contribution in [1.82, 2.24) is 9.55 Å². The lowest BCUT2D eigenvalue weighted by Gasteiger charge is -2.23. The number of amides is 1. The molecule has 0 unspecified atom stereocenters. The summed E-state index contributed by atoms with van der Waals surface area (Å²) < 4.78 is 1.25. The Bertz CT molecular complexity index is 1220. The number of nitrogens with two attached hydrogens (primary N) is 1. The van der Waals surface area contributed by atoms with Crippen LogP contribution in [0.1, 0.15) is 24.5 Å². The molecule has 0 atom stereocenters. The predicted octanol–water partition coefficient (Wildman–Crippen LogP) is 3.28. The number of carbonyl (C=O) groups excluding carboxylic acids is 1. The van der Waals surface area contributed by atoms with Crippen LogP contribution in [0, 0.1) is 0 Å². The number of aromatic nitrogens is 2. The molecule has 0 bridgehead atoms. The Labute approximate surface area is 184 Å². The van der Waals surface area contributed by atoms with E-state index in [1.807, 2.05) is 43.3 Å². The minimum atomic E-state index is -0.709. The van der Waals surface area contributed by atoms with Crippen molar-refractivity contribution in [3.8, 4) is 0 Å². The molecule has 0 aliphatic heterocycles. The second-order valence-corrected chi connectivity index (χ2v) is 7.32. The van der Waals surface area contributed by atoms with Gasteiger partial charge in [-0.2, -0.15) is 0 Å². The van der Waals surface area contributed by atoms with Crippen LogP contribution < -0.4 is 21.9 Å². The zero-order valence-corrected chi connectivity index (χ0v) is 17.8. The fourth-order valence-electron chi connectivity index (χ4n) is 3.18. The Morgan fingerprint density at radius 3 is 2.48 bits per heavy atom. The summed E-state index contributed by atoms with van der Waals surface area (Å²) >= 11 is 6.14. The van der Waals surface area contributed by atoms with E-state index in [0.29, 0.717) is 17.0 Å². The molecule has 0 radical (unpaired) electrons. The Balaban J connectivity index is 2.01. The zero-order chi connectivity index (χ0) is 22.4. The summed E-state index contributed by atoms with van der Waals surface area (Å²) in [6.45, 7) is 2.30. The number of benzene rings is 2. The van der Waals surface area contributed by atoms with Gasteiger partial charge in [0.05, 0.1) is 6.54 Å². The lowest BCUT2D eigenvalue weighted by molar-refractivity contribution is -0.114. The van der Waals surface area contributed by atoms with Gasteiger partial charge in [0.1, 0.15) is 5.82 Å². The summed E-state index contributed by atoms with van der Waals surface area (Å²) in [6.07, 6.45) is 3.50. The van der Waals surface area contributed by atoms with Gasteiger partial charge in [0.25, 0.3) is 11.5 Å². The minimum absolute atomic E-state index is 0.0498. The van der Waals surface area contributed by atoms with Crippen molar-refractivity contribution in [2.24, 2.45) is 0 Å². The van der Waals surface area contributed by atoms with Gasteiger partial charge in [0, 0.05) is 17.6 Å². The summed E-state index contributed by atoms with van der Waals surface area (Å²) in [5.41, 5.74) is 6.35. The van der Waals surface area contributed by atoms with Crippen molar-refractivity contribution < 1.29 is 4.79 Å². The van der Waals surface area contributed by atoms with Crippen LogP contribution in [-0.4, -0.2) is 22.0 Å². The second kappa shape index (κ2) is 9.95. The molecule has 8 heteroatoms. The molecule has 31 heavy (non-hydrogen) atoms. The van der Waals surface area contributed by atoms with Gasteiger partial charge in [-0.05, 0) is 29.7 Å². The van der Waals surface area contributed by atoms with Crippen LogP contribution in [0.3, 0.4) is 0 Å². The molecule has 0 aliphatic carbocycles. The number of rotatable bonds is 7. The highest BCUT2D eigenvalue weighted by molar-refractivity contribution is 6.32. The Hall–Kier alpha value is -3.58. The van der Waals surface area contributed by atoms with Gasteiger partial charge in [0.2, 0.25) is 0 Å². The van der Waals surface area contributed by atoms with Gasteiger partial charge in [0.15, 0.2) is 5.69 Å². The quantitative estimate of drug-likeness (QED) is 0.552. The Kier molecular flexibility index (Phi) is 7.10. The number of nitrogens with one attached hydrogen (secondary N) is 1. The van der Waals surface area contributed by atoms with Crippen LogP contribution in [-0.2, 0) is 11.3 Å². The summed E-state index contributed by atoms with van der Waals surface area (Å²) in [7, 11) is 0. The lowest BCUT2D eigenvalue weighted by atomic mass is 10.2. The molecule has 3 N–H and O–H groups in total. The molecule has 1 amide bonds. The maximum Gasteiger partial charge on any atom is 0.330 e. The Morgan fingerprint density at radius 1 is 1.13 bits per heavy atom. The molecule has 0 fully saturated rings. The number of H-pyrrole nitrogens is 1. The minimum Gasteiger partial charge on any atom is -0.383 e. The maximum atomic E-state index is 13.0. The van der Waals surface area contributed by atoms with Gasteiger partial charge in [-0.25, -0.2) is 4.79 Å². The van der Waals surface area contributed by atoms with Crippen LogP contribution in [0.4, 0.5) is 11.5 Å². The van der Waals surface area contributed by atoms with Crippen LogP contribution in [0.5, 0.6) is 0 Å². The number of nitrogen functional groups attached to an aromatic ring is 1. The molecule has 0 saturated heterocycles. The predicted molar refractivity (Wildman–Crippen MR) is 124 cm³/mol. The molecule has 2 aromatic carbocycles. The van der Waals surface area contributed by atoms with Crippen LogP contribution >= 0.6 is 11.6 Å². The first-order valence-electron chi connectivity index (χ1n) is 9.83. The van der Waals surface area contributed by atoms with Crippen LogP contribution in [0.2, 0.25) is 5.02 Å². The van der Waals surface area contributed by atoms with Gasteiger partial charge in [-0.3, -0.25) is 19.1 Å². The third-order valence-electron chi connectivity index (χ3n) is 4.69. The SMILES string of the molecule is CCCN(C(=O)/C=C/c1ccccc1Cl)c1c(N)n(Cc2ccccc2)c(=O)[nH]c1=O. The molecular formula is C23H23ClN4O3. The molecule has 0 saturated carbocycles. The normalized spacial score (nSPS) is 11.0. The first-order valence-corrected chi connectivity index (χ1v) is 10.2. The van der Waals surface area contributed by atoms with Crippen molar-refractivity contribution in [2.75, 3.05) is 17.2 Å². The fourth-order valence-corrected chi connectivity index (χ4v) is 3.38. The highest BCUT2D eigenvalue weighted by Gasteiger charge is 2.22. The van der Waals surface area contributed by atoms with E-state index in [1.54, 1.807) is 24.3 Å². The van der Waals surface area contributed by atoms with E-state index in [0.717, 1.165) is 5.56 Å². The average Bonchev–Trinajstić information content (AvgIpc) is 2.76. The molecule has 160 valence electrons. The maximum absolute atomic E-state index is 13.0. The van der Waals surface area contributed by atoms with Gasteiger partial charge in [-0.1, -0.05) is 67.1 Å². The molecule has 1 heterocycles. The topological polar surface area (TPSA) is 101 Å². The largest absolute Gasteiger partial charge is 0.383 e. The Morgan fingerprint density at radius 2 is 1.81 bits per heavy atom. The summed E-state index contributed by atoms with van der Waals surface area (Å²) in [5.74, 6) is -0.505. The number of anilines is 2. The molecule has 7 nitrogen and oxygen atoms in total. The van der Waals surface area contributed by atoms with E-state index in [4.69, 9.17) is 17.3 Å². The van der Waals surface area contributed by atoms with E-state index >= 15 is 0 Å². The van der Waals surface area contributed by atoms with Crippen molar-refractivity contribution >= 4 is 35.1 Å². The number of halogens is 1. The van der Waals surface area contributed by atoms with Gasteiger partial charge in [-0.15, -0.1) is 0 Å². The molecular weight excluding hydrogens is 416 g/mol. The summed E-state index contributed by atoms with van der Waals surface area (Å²) in [4.78, 5) is 41.6. The van der Waals surface area contributed by atoms with E-state index in [2.05, 4.69) is 4.98 Å². The summed E-state index contributed by atoms with van der Waals surface area (Å²) in [5, 5.41) is 0.502. The van der Waals surface area contributed by atoms with Crippen molar-refractivity contribution in [3.63, 3.8) is 0 Å². The highest BCUT2D eigenvalue weighted by atomic mass is 35.5. The average molecular weight is 439 g/mol. The third kappa shape index (κ3) is 5.13. The van der Waals surface area contributed by atoms with Gasteiger partial charge >= 0.3 is 5.69 Å². The van der Waals surface area contributed by atoms with Crippen LogP contribution in [0.15, 0.2) is 70.3 Å². The zero-order valence-electron chi connectivity index (χ0n) is 17.0. The summed E-state index contributed by atoms with van der Waals surface area (Å²) in [6, 6.07) is 16.3. The molecule has 0 spiro atoms. The monoisotopic (exact) mass is 438 g/mol. The number of hydrogen-bond acceptors (Lipinski definition) is 4. The standard InChI is InChI=1S/C23H23ClN4O3/c1-2-14-27(19(29)13-12-17-10-6-7-11-18(17)24)20-21(25)28(23(31)26-22(20)30)15-16-8-4-3-5-9-16/h3-13H,2,14-15,25H2,1H3,(H,26,30,31)/b13-12+. The van der Waals surface area contributed by atoms with Crippen molar-refractivity contribution in [3.05, 3.63) is 97.7 Å². The van der Waals surface area contributed by atoms with Crippen molar-refractivity contribution in [1.29, 1.82) is 0 Å². The second-order valence-electron chi connectivity index (χ2n) is 6.91. The number of hydrogen-bond donors (Lipinski definition) is 2. The van der Waals surface area contributed by atoms with E-state index in [-0.39, 0.29) is 24.6 Å². The molecule has 3 rings (SSSR count). The third-order valence-corrected chi connectivity index (χ3v) is 5.04. The number of nitrogens with zero attached hydrogens (tertiary/aromatic N) is 2. The van der Waals surface area contributed by atoms with E-state index in [9.17, 15) is 14.4 Å².